The topological polar surface area (TPSA) is 67.4 Å². The van der Waals surface area contributed by atoms with Gasteiger partial charge in [0.1, 0.15) is 5.75 Å². The molecule has 2 amide bonds. The van der Waals surface area contributed by atoms with E-state index in [1.807, 2.05) is 0 Å². The Morgan fingerprint density at radius 1 is 1.04 bits per heavy atom. The first-order chi connectivity index (χ1) is 13.1. The highest BCUT2D eigenvalue weighted by molar-refractivity contribution is 9.10. The van der Waals surface area contributed by atoms with E-state index in [1.54, 1.807) is 23.5 Å². The van der Waals surface area contributed by atoms with E-state index < -0.39 is 12.1 Å². The van der Waals surface area contributed by atoms with Gasteiger partial charge in [0.05, 0.1) is 11.6 Å². The number of halogens is 5. The Morgan fingerprint density at radius 3 is 2.21 bits per heavy atom. The van der Waals surface area contributed by atoms with Crippen LogP contribution in [-0.2, 0) is 9.59 Å². The van der Waals surface area contributed by atoms with Crippen molar-refractivity contribution in [1.82, 2.24) is 0 Å². The fourth-order valence-corrected chi connectivity index (χ4v) is 2.80. The monoisotopic (exact) mass is 478 g/mol. The van der Waals surface area contributed by atoms with Crippen LogP contribution in [-0.4, -0.2) is 24.6 Å². The van der Waals surface area contributed by atoms with Crippen LogP contribution in [0.3, 0.4) is 0 Å². The normalized spacial score (nSPS) is 11.0. The van der Waals surface area contributed by atoms with Gasteiger partial charge in [-0.25, -0.2) is 0 Å². The Hall–Kier alpha value is -2.26. The molecule has 0 saturated carbocycles. The minimum atomic E-state index is -4.96. The minimum absolute atomic E-state index is 0.0277. The number of hydrogen-bond acceptors (Lipinski definition) is 3. The molecule has 2 N–H and O–H groups in total. The summed E-state index contributed by atoms with van der Waals surface area (Å²) in [4.78, 5) is 22.8. The Labute approximate surface area is 172 Å². The molecule has 0 atom stereocenters. The van der Waals surface area contributed by atoms with Crippen molar-refractivity contribution in [3.8, 4) is 5.75 Å². The Kier molecular flexibility index (Phi) is 7.70. The molecule has 0 unspecified atom stereocenters. The molecule has 0 radical (unpaired) electrons. The Bertz CT molecular complexity index is 845. The zero-order valence-corrected chi connectivity index (χ0v) is 16.6. The van der Waals surface area contributed by atoms with Crippen molar-refractivity contribution in [2.45, 2.75) is 19.0 Å². The molecule has 2 aromatic rings. The summed E-state index contributed by atoms with van der Waals surface area (Å²) in [5, 5.41) is 4.78. The maximum absolute atomic E-state index is 12.2. The summed E-state index contributed by atoms with van der Waals surface area (Å²) in [7, 11) is 0. The van der Waals surface area contributed by atoms with Crippen molar-refractivity contribution in [2.75, 3.05) is 17.2 Å². The van der Waals surface area contributed by atoms with E-state index in [9.17, 15) is 22.8 Å². The molecule has 10 heteroatoms. The zero-order chi connectivity index (χ0) is 20.7. The summed E-state index contributed by atoms with van der Waals surface area (Å²) in [6.45, 7) is 0.289. The van der Waals surface area contributed by atoms with E-state index in [2.05, 4.69) is 21.2 Å². The van der Waals surface area contributed by atoms with Crippen molar-refractivity contribution >= 4 is 50.7 Å². The Balaban J connectivity index is 1.74. The van der Waals surface area contributed by atoms with E-state index >= 15 is 0 Å². The van der Waals surface area contributed by atoms with Crippen LogP contribution in [0.1, 0.15) is 12.8 Å². The van der Waals surface area contributed by atoms with E-state index in [-0.39, 0.29) is 24.6 Å². The third-order valence-corrected chi connectivity index (χ3v) is 4.17. The molecule has 2 rings (SSSR count). The minimum Gasteiger partial charge on any atom is -0.492 e. The van der Waals surface area contributed by atoms with Crippen LogP contribution in [0.5, 0.6) is 5.75 Å². The first-order valence-electron chi connectivity index (χ1n) is 8.01. The summed E-state index contributed by atoms with van der Waals surface area (Å²) >= 11 is 9.31. The van der Waals surface area contributed by atoms with Gasteiger partial charge in [0.2, 0.25) is 5.91 Å². The second-order valence-corrected chi connectivity index (χ2v) is 6.93. The van der Waals surface area contributed by atoms with Crippen LogP contribution < -0.4 is 15.4 Å². The van der Waals surface area contributed by atoms with Gasteiger partial charge in [-0.2, -0.15) is 13.2 Å². The highest BCUT2D eigenvalue weighted by atomic mass is 79.9. The van der Waals surface area contributed by atoms with E-state index in [1.165, 1.54) is 24.3 Å². The van der Waals surface area contributed by atoms with E-state index in [4.69, 9.17) is 16.3 Å². The molecule has 0 aromatic heterocycles. The molecule has 0 aliphatic rings. The van der Waals surface area contributed by atoms with Crippen LogP contribution in [0.15, 0.2) is 46.9 Å². The molecule has 28 heavy (non-hydrogen) atoms. The number of amides is 2. The summed E-state index contributed by atoms with van der Waals surface area (Å²) in [5.74, 6) is -1.82. The average molecular weight is 480 g/mol. The van der Waals surface area contributed by atoms with Gasteiger partial charge in [0.15, 0.2) is 0 Å². The van der Waals surface area contributed by atoms with Crippen LogP contribution in [0.4, 0.5) is 24.5 Å². The van der Waals surface area contributed by atoms with Gasteiger partial charge in [-0.1, -0.05) is 27.5 Å². The number of anilines is 2. The lowest BCUT2D eigenvalue weighted by Crippen LogP contribution is -2.29. The number of hydrogen-bond donors (Lipinski definition) is 2. The van der Waals surface area contributed by atoms with E-state index in [0.717, 1.165) is 4.47 Å². The van der Waals surface area contributed by atoms with Gasteiger partial charge < -0.3 is 15.4 Å². The molecule has 150 valence electrons. The maximum Gasteiger partial charge on any atom is 0.471 e. The second-order valence-electron chi connectivity index (χ2n) is 5.60. The fraction of sp³-hybridized carbons (Fsp3) is 0.222. The quantitative estimate of drug-likeness (QED) is 0.523. The van der Waals surface area contributed by atoms with Gasteiger partial charge in [-0.15, -0.1) is 0 Å². The van der Waals surface area contributed by atoms with Crippen molar-refractivity contribution in [3.05, 3.63) is 52.0 Å². The SMILES string of the molecule is O=C(CCCOc1ccc(Br)cc1Cl)Nc1ccc(NC(=O)C(F)(F)F)cc1. The number of carbonyl (C=O) groups excluding carboxylic acids is 2. The summed E-state index contributed by atoms with van der Waals surface area (Å²) < 4.78 is 42.9. The molecule has 0 spiro atoms. The summed E-state index contributed by atoms with van der Waals surface area (Å²) in [6.07, 6.45) is -4.34. The molecule has 0 saturated heterocycles. The first-order valence-corrected chi connectivity index (χ1v) is 9.18. The van der Waals surface area contributed by atoms with E-state index in [0.29, 0.717) is 22.9 Å². The van der Waals surface area contributed by atoms with Gasteiger partial charge in [-0.3, -0.25) is 9.59 Å². The molecule has 0 fully saturated rings. The molecular weight excluding hydrogens is 465 g/mol. The third kappa shape index (κ3) is 7.05. The van der Waals surface area contributed by atoms with Gasteiger partial charge >= 0.3 is 12.1 Å². The fourth-order valence-electron chi connectivity index (χ4n) is 2.07. The molecular formula is C18H15BrClF3N2O3. The molecule has 0 aliphatic heterocycles. The molecule has 0 aliphatic carbocycles. The molecule has 2 aromatic carbocycles. The zero-order valence-electron chi connectivity index (χ0n) is 14.3. The summed E-state index contributed by atoms with van der Waals surface area (Å²) in [6, 6.07) is 10.5. The second kappa shape index (κ2) is 9.79. The Morgan fingerprint density at radius 2 is 1.64 bits per heavy atom. The number of nitrogens with one attached hydrogen (secondary N) is 2. The molecule has 0 heterocycles. The number of carbonyl (C=O) groups is 2. The predicted molar refractivity (Wildman–Crippen MR) is 104 cm³/mol. The number of ether oxygens (including phenoxy) is 1. The van der Waals surface area contributed by atoms with Crippen molar-refractivity contribution in [2.24, 2.45) is 0 Å². The maximum atomic E-state index is 12.2. The predicted octanol–water partition coefficient (Wildman–Crippen LogP) is 5.40. The van der Waals surface area contributed by atoms with Gasteiger partial charge in [-0.05, 0) is 48.9 Å². The number of alkyl halides is 3. The molecule has 5 nitrogen and oxygen atoms in total. The van der Waals surface area contributed by atoms with Crippen molar-refractivity contribution < 1.29 is 27.5 Å². The lowest BCUT2D eigenvalue weighted by atomic mass is 10.2. The van der Waals surface area contributed by atoms with Crippen LogP contribution in [0, 0.1) is 0 Å². The number of benzene rings is 2. The third-order valence-electron chi connectivity index (χ3n) is 3.38. The van der Waals surface area contributed by atoms with Crippen molar-refractivity contribution in [3.63, 3.8) is 0 Å². The van der Waals surface area contributed by atoms with Crippen LogP contribution in [0.25, 0.3) is 0 Å². The van der Waals surface area contributed by atoms with Crippen molar-refractivity contribution in [1.29, 1.82) is 0 Å². The highest BCUT2D eigenvalue weighted by Gasteiger charge is 2.38. The largest absolute Gasteiger partial charge is 0.492 e. The van der Waals surface area contributed by atoms with Crippen LogP contribution in [0.2, 0.25) is 5.02 Å². The van der Waals surface area contributed by atoms with Gasteiger partial charge in [0, 0.05) is 22.3 Å². The van der Waals surface area contributed by atoms with Crippen LogP contribution >= 0.6 is 27.5 Å². The lowest BCUT2D eigenvalue weighted by Gasteiger charge is -2.10. The highest BCUT2D eigenvalue weighted by Crippen LogP contribution is 2.27. The first kappa shape index (κ1) is 22.0. The molecule has 0 bridgehead atoms. The van der Waals surface area contributed by atoms with Gasteiger partial charge in [0.25, 0.3) is 0 Å². The number of rotatable bonds is 7. The average Bonchev–Trinajstić information content (AvgIpc) is 2.61. The smallest absolute Gasteiger partial charge is 0.471 e. The lowest BCUT2D eigenvalue weighted by molar-refractivity contribution is -0.167. The summed E-state index contributed by atoms with van der Waals surface area (Å²) in [5.41, 5.74) is 0.368. The standard InChI is InChI=1S/C18H15BrClF3N2O3/c19-11-3-8-15(14(20)10-11)28-9-1-2-16(26)24-12-4-6-13(7-5-12)25-17(27)18(21,22)23/h3-8,10H,1-2,9H2,(H,24,26)(H,25,27).